The van der Waals surface area contributed by atoms with Gasteiger partial charge in [-0.15, -0.1) is 12.4 Å². The molecule has 1 saturated carbocycles. The van der Waals surface area contributed by atoms with Crippen molar-refractivity contribution in [2.24, 2.45) is 11.7 Å². The van der Waals surface area contributed by atoms with E-state index in [4.69, 9.17) is 5.73 Å². The molecule has 0 amide bonds. The van der Waals surface area contributed by atoms with E-state index < -0.39 is 23.4 Å². The van der Waals surface area contributed by atoms with Gasteiger partial charge in [0.2, 0.25) is 5.82 Å². The summed E-state index contributed by atoms with van der Waals surface area (Å²) < 4.78 is 26.0. The van der Waals surface area contributed by atoms with E-state index in [0.29, 0.717) is 5.56 Å². The summed E-state index contributed by atoms with van der Waals surface area (Å²) in [5.41, 5.74) is 6.28. The van der Waals surface area contributed by atoms with Gasteiger partial charge in [0.15, 0.2) is 11.6 Å². The summed E-state index contributed by atoms with van der Waals surface area (Å²) in [5.74, 6) is -2.62. The molecule has 1 fully saturated rings. The second-order valence-electron chi connectivity index (χ2n) is 4.37. The maximum atomic E-state index is 13.2. The van der Waals surface area contributed by atoms with Crippen LogP contribution in [0.2, 0.25) is 0 Å². The molecule has 1 aromatic carbocycles. The first-order valence-electron chi connectivity index (χ1n) is 5.53. The number of hydrogen-bond acceptors (Lipinski definition) is 2. The lowest BCUT2D eigenvalue weighted by Gasteiger charge is -2.20. The summed E-state index contributed by atoms with van der Waals surface area (Å²) in [7, 11) is 0. The Hall–Kier alpha value is -0.870. The molecule has 0 aliphatic heterocycles. The van der Waals surface area contributed by atoms with Gasteiger partial charge in [-0.3, -0.25) is 0 Å². The molecule has 0 radical (unpaired) electrons. The van der Waals surface area contributed by atoms with Crippen molar-refractivity contribution in [1.82, 2.24) is 0 Å². The third kappa shape index (κ3) is 2.69. The molecule has 3 N–H and O–H groups in total. The van der Waals surface area contributed by atoms with Crippen molar-refractivity contribution in [2.45, 2.75) is 31.7 Å². The molecule has 17 heavy (non-hydrogen) atoms. The van der Waals surface area contributed by atoms with Gasteiger partial charge in [0.25, 0.3) is 0 Å². The Labute approximate surface area is 105 Å². The number of hydrogen-bond donors (Lipinski definition) is 2. The lowest BCUT2D eigenvalue weighted by atomic mass is 9.92. The van der Waals surface area contributed by atoms with E-state index in [2.05, 4.69) is 0 Å². The van der Waals surface area contributed by atoms with Crippen LogP contribution in [0.3, 0.4) is 0 Å². The lowest BCUT2D eigenvalue weighted by Crippen LogP contribution is -2.19. The first-order chi connectivity index (χ1) is 7.61. The Bertz CT molecular complexity index is 394. The predicted octanol–water partition coefficient (Wildman–Crippen LogP) is 3.28. The van der Waals surface area contributed by atoms with E-state index >= 15 is 0 Å². The van der Waals surface area contributed by atoms with Gasteiger partial charge in [0, 0.05) is 11.6 Å². The summed E-state index contributed by atoms with van der Waals surface area (Å²) >= 11 is 0. The van der Waals surface area contributed by atoms with E-state index in [1.54, 1.807) is 0 Å². The quantitative estimate of drug-likeness (QED) is 0.860. The van der Waals surface area contributed by atoms with Crippen LogP contribution in [0.4, 0.5) is 8.78 Å². The summed E-state index contributed by atoms with van der Waals surface area (Å²) in [5, 5.41) is 9.51. The van der Waals surface area contributed by atoms with Crippen molar-refractivity contribution in [3.63, 3.8) is 0 Å². The van der Waals surface area contributed by atoms with E-state index in [9.17, 15) is 13.9 Å². The van der Waals surface area contributed by atoms with Crippen molar-refractivity contribution in [2.75, 3.05) is 0 Å². The number of benzene rings is 1. The van der Waals surface area contributed by atoms with Crippen LogP contribution in [0.15, 0.2) is 12.1 Å². The van der Waals surface area contributed by atoms with Gasteiger partial charge in [-0.05, 0) is 24.8 Å². The fourth-order valence-electron chi connectivity index (χ4n) is 2.39. The molecule has 0 spiro atoms. The highest BCUT2D eigenvalue weighted by atomic mass is 35.5. The minimum atomic E-state index is -1.20. The van der Waals surface area contributed by atoms with Gasteiger partial charge in [-0.1, -0.05) is 18.9 Å². The molecule has 1 aliphatic rings. The van der Waals surface area contributed by atoms with Crippen LogP contribution in [0, 0.1) is 17.6 Å². The molecule has 96 valence electrons. The Morgan fingerprint density at radius 3 is 2.41 bits per heavy atom. The zero-order valence-electron chi connectivity index (χ0n) is 9.33. The number of nitrogens with two attached hydrogens (primary N) is 1. The molecular formula is C12H16ClF2NO. The average molecular weight is 264 g/mol. The van der Waals surface area contributed by atoms with E-state index in [-0.39, 0.29) is 18.3 Å². The second kappa shape index (κ2) is 5.65. The topological polar surface area (TPSA) is 46.2 Å². The Morgan fingerprint density at radius 1 is 1.24 bits per heavy atom. The highest BCUT2D eigenvalue weighted by molar-refractivity contribution is 5.85. The standard InChI is InChI=1S/C12H15F2NO.ClH/c13-9-6-5-8(12(16)10(9)14)11(15)7-3-1-2-4-7;/h5-7,11,16H,1-4,15H2;1H/t11-;/m0./s1. The Balaban J connectivity index is 0.00000144. The number of rotatable bonds is 2. The Morgan fingerprint density at radius 2 is 1.82 bits per heavy atom. The van der Waals surface area contributed by atoms with E-state index in [1.165, 1.54) is 6.07 Å². The van der Waals surface area contributed by atoms with Gasteiger partial charge in [-0.2, -0.15) is 4.39 Å². The van der Waals surface area contributed by atoms with E-state index in [1.807, 2.05) is 0 Å². The molecule has 1 atom stereocenters. The zero-order valence-corrected chi connectivity index (χ0v) is 10.1. The van der Waals surface area contributed by atoms with E-state index in [0.717, 1.165) is 31.7 Å². The van der Waals surface area contributed by atoms with Crippen molar-refractivity contribution >= 4 is 12.4 Å². The van der Waals surface area contributed by atoms with Gasteiger partial charge in [-0.25, -0.2) is 4.39 Å². The SMILES string of the molecule is Cl.N[C@H](c1ccc(F)c(F)c1O)C1CCCC1. The van der Waals surface area contributed by atoms with Crippen LogP contribution >= 0.6 is 12.4 Å². The summed E-state index contributed by atoms with van der Waals surface area (Å²) in [6.45, 7) is 0. The molecule has 0 saturated heterocycles. The molecule has 2 rings (SSSR count). The summed E-state index contributed by atoms with van der Waals surface area (Å²) in [4.78, 5) is 0. The molecule has 5 heteroatoms. The van der Waals surface area contributed by atoms with Gasteiger partial charge < -0.3 is 10.8 Å². The highest BCUT2D eigenvalue weighted by Gasteiger charge is 2.26. The predicted molar refractivity (Wildman–Crippen MR) is 64.2 cm³/mol. The van der Waals surface area contributed by atoms with Crippen LogP contribution < -0.4 is 5.73 Å². The molecule has 0 unspecified atom stereocenters. The van der Waals surface area contributed by atoms with Crippen LogP contribution in [0.5, 0.6) is 5.75 Å². The van der Waals surface area contributed by atoms with Crippen LogP contribution in [0.25, 0.3) is 0 Å². The smallest absolute Gasteiger partial charge is 0.200 e. The molecule has 0 bridgehead atoms. The fraction of sp³-hybridized carbons (Fsp3) is 0.500. The second-order valence-corrected chi connectivity index (χ2v) is 4.37. The molecular weight excluding hydrogens is 248 g/mol. The fourth-order valence-corrected chi connectivity index (χ4v) is 2.39. The number of phenols is 1. The van der Waals surface area contributed by atoms with Crippen molar-refractivity contribution < 1.29 is 13.9 Å². The minimum Gasteiger partial charge on any atom is -0.505 e. The number of aromatic hydroxyl groups is 1. The number of phenolic OH excluding ortho intramolecular Hbond substituents is 1. The van der Waals surface area contributed by atoms with Crippen LogP contribution in [-0.2, 0) is 0 Å². The number of halogens is 3. The normalized spacial score (nSPS) is 17.8. The highest BCUT2D eigenvalue weighted by Crippen LogP contribution is 2.38. The molecule has 0 heterocycles. The average Bonchev–Trinajstić information content (AvgIpc) is 2.79. The molecule has 1 aliphatic carbocycles. The zero-order chi connectivity index (χ0) is 11.7. The third-order valence-corrected chi connectivity index (χ3v) is 3.37. The largest absolute Gasteiger partial charge is 0.505 e. The summed E-state index contributed by atoms with van der Waals surface area (Å²) in [6.07, 6.45) is 4.20. The maximum Gasteiger partial charge on any atom is 0.200 e. The monoisotopic (exact) mass is 263 g/mol. The van der Waals surface area contributed by atoms with Crippen LogP contribution in [-0.4, -0.2) is 5.11 Å². The minimum absolute atomic E-state index is 0. The van der Waals surface area contributed by atoms with Crippen molar-refractivity contribution in [3.05, 3.63) is 29.3 Å². The summed E-state index contributed by atoms with van der Waals surface area (Å²) in [6, 6.07) is 1.98. The third-order valence-electron chi connectivity index (χ3n) is 3.37. The van der Waals surface area contributed by atoms with Crippen molar-refractivity contribution in [1.29, 1.82) is 0 Å². The molecule has 0 aromatic heterocycles. The Kier molecular flexibility index (Phi) is 4.71. The molecule has 1 aromatic rings. The maximum absolute atomic E-state index is 13.2. The van der Waals surface area contributed by atoms with Gasteiger partial charge in [0.05, 0.1) is 0 Å². The first kappa shape index (κ1) is 14.2. The van der Waals surface area contributed by atoms with Gasteiger partial charge in [0.1, 0.15) is 0 Å². The molecule has 2 nitrogen and oxygen atoms in total. The van der Waals surface area contributed by atoms with Crippen LogP contribution in [0.1, 0.15) is 37.3 Å². The van der Waals surface area contributed by atoms with Gasteiger partial charge >= 0.3 is 0 Å². The van der Waals surface area contributed by atoms with Crippen molar-refractivity contribution in [3.8, 4) is 5.75 Å². The lowest BCUT2D eigenvalue weighted by molar-refractivity contribution is 0.377. The first-order valence-corrected chi connectivity index (χ1v) is 5.53.